The van der Waals surface area contributed by atoms with Crippen molar-refractivity contribution in [3.63, 3.8) is 0 Å². The van der Waals surface area contributed by atoms with Gasteiger partial charge in [0.15, 0.2) is 0 Å². The lowest BCUT2D eigenvalue weighted by atomic mass is 10.0. The monoisotopic (exact) mass is 676 g/mol. The van der Waals surface area contributed by atoms with Gasteiger partial charge < -0.3 is 13.9 Å². The van der Waals surface area contributed by atoms with Crippen LogP contribution in [0.1, 0.15) is 0 Å². The second-order valence-corrected chi connectivity index (χ2v) is 13.8. The number of furan rings is 1. The summed E-state index contributed by atoms with van der Waals surface area (Å²) in [5.74, 6) is 0. The van der Waals surface area contributed by atoms with Gasteiger partial charge in [-0.25, -0.2) is 0 Å². The molecule has 0 spiro atoms. The van der Waals surface area contributed by atoms with Crippen molar-refractivity contribution in [2.45, 2.75) is 0 Å². The fraction of sp³-hybridized carbons (Fsp3) is 0. The van der Waals surface area contributed by atoms with Gasteiger partial charge in [0, 0.05) is 44.3 Å². The van der Waals surface area contributed by atoms with E-state index >= 15 is 0 Å². The van der Waals surface area contributed by atoms with Crippen molar-refractivity contribution in [2.24, 2.45) is 0 Å². The number of benzene rings is 9. The summed E-state index contributed by atoms with van der Waals surface area (Å²) in [6.07, 6.45) is 0. The first-order valence-electron chi connectivity index (χ1n) is 18.1. The lowest BCUT2D eigenvalue weighted by molar-refractivity contribution is 0.669. The molecule has 248 valence electrons. The highest BCUT2D eigenvalue weighted by molar-refractivity contribution is 6.13. The fourth-order valence-electron chi connectivity index (χ4n) is 8.18. The Morgan fingerprint density at radius 3 is 1.81 bits per heavy atom. The maximum absolute atomic E-state index is 6.45. The molecule has 0 aliphatic heterocycles. The maximum Gasteiger partial charge on any atom is 0.136 e. The third kappa shape index (κ3) is 4.82. The second-order valence-electron chi connectivity index (χ2n) is 13.8. The molecule has 3 heteroatoms. The highest BCUT2D eigenvalue weighted by atomic mass is 16.3. The van der Waals surface area contributed by atoms with Crippen LogP contribution in [0.4, 0.5) is 17.1 Å². The van der Waals surface area contributed by atoms with E-state index in [1.165, 1.54) is 54.5 Å². The van der Waals surface area contributed by atoms with Crippen molar-refractivity contribution in [1.82, 2.24) is 4.57 Å². The predicted octanol–water partition coefficient (Wildman–Crippen LogP) is 14.1. The predicted molar refractivity (Wildman–Crippen MR) is 223 cm³/mol. The molecular weight excluding hydrogens is 645 g/mol. The van der Waals surface area contributed by atoms with Crippen molar-refractivity contribution in [1.29, 1.82) is 0 Å². The van der Waals surface area contributed by atoms with Crippen molar-refractivity contribution < 1.29 is 4.42 Å². The van der Waals surface area contributed by atoms with E-state index in [2.05, 4.69) is 204 Å². The van der Waals surface area contributed by atoms with Crippen LogP contribution in [0.2, 0.25) is 0 Å². The molecule has 0 fully saturated rings. The lowest BCUT2D eigenvalue weighted by Gasteiger charge is -2.26. The Balaban J connectivity index is 1.15. The summed E-state index contributed by atoms with van der Waals surface area (Å²) in [7, 11) is 0. The zero-order valence-corrected chi connectivity index (χ0v) is 28.8. The Morgan fingerprint density at radius 2 is 0.962 bits per heavy atom. The van der Waals surface area contributed by atoms with Crippen LogP contribution in [0.25, 0.3) is 82.1 Å². The zero-order valence-electron chi connectivity index (χ0n) is 28.8. The molecule has 0 unspecified atom stereocenters. The summed E-state index contributed by atoms with van der Waals surface area (Å²) in [6, 6.07) is 69.9. The minimum atomic E-state index is 0.881. The minimum absolute atomic E-state index is 0.881. The number of fused-ring (bicyclic) bond motifs is 8. The molecule has 0 atom stereocenters. The molecule has 2 heterocycles. The Hall–Kier alpha value is -7.10. The topological polar surface area (TPSA) is 21.3 Å². The molecule has 3 nitrogen and oxygen atoms in total. The third-order valence-corrected chi connectivity index (χ3v) is 10.7. The molecule has 0 N–H and O–H groups in total. The van der Waals surface area contributed by atoms with Crippen LogP contribution >= 0.6 is 0 Å². The molecular formula is C50H32N2O. The van der Waals surface area contributed by atoms with Crippen molar-refractivity contribution in [3.8, 4) is 16.8 Å². The zero-order chi connectivity index (χ0) is 34.9. The molecule has 0 saturated carbocycles. The number of hydrogen-bond acceptors (Lipinski definition) is 2. The molecule has 11 rings (SSSR count). The lowest BCUT2D eigenvalue weighted by Crippen LogP contribution is -2.10. The van der Waals surface area contributed by atoms with Crippen LogP contribution in [0, 0.1) is 0 Å². The van der Waals surface area contributed by atoms with Gasteiger partial charge in [0.25, 0.3) is 0 Å². The smallest absolute Gasteiger partial charge is 0.136 e. The van der Waals surface area contributed by atoms with Gasteiger partial charge in [-0.2, -0.15) is 0 Å². The largest absolute Gasteiger partial charge is 0.456 e. The third-order valence-electron chi connectivity index (χ3n) is 10.7. The van der Waals surface area contributed by atoms with E-state index in [4.69, 9.17) is 4.42 Å². The highest BCUT2D eigenvalue weighted by Gasteiger charge is 2.19. The van der Waals surface area contributed by atoms with Gasteiger partial charge in [-0.05, 0) is 118 Å². The van der Waals surface area contributed by atoms with E-state index in [0.717, 1.165) is 44.7 Å². The molecule has 9 aromatic carbocycles. The normalized spacial score (nSPS) is 11.8. The van der Waals surface area contributed by atoms with Gasteiger partial charge in [0.05, 0.1) is 11.0 Å². The molecule has 0 saturated heterocycles. The van der Waals surface area contributed by atoms with Crippen molar-refractivity contribution in [3.05, 3.63) is 194 Å². The van der Waals surface area contributed by atoms with Crippen LogP contribution in [0.5, 0.6) is 0 Å². The Labute approximate surface area is 306 Å². The van der Waals surface area contributed by atoms with E-state index in [9.17, 15) is 0 Å². The number of hydrogen-bond donors (Lipinski definition) is 0. The van der Waals surface area contributed by atoms with Gasteiger partial charge >= 0.3 is 0 Å². The van der Waals surface area contributed by atoms with Crippen LogP contribution in [-0.4, -0.2) is 4.57 Å². The number of nitrogens with zero attached hydrogens (tertiary/aromatic N) is 2. The van der Waals surface area contributed by atoms with E-state index in [0.29, 0.717) is 0 Å². The van der Waals surface area contributed by atoms with Crippen molar-refractivity contribution >= 4 is 82.4 Å². The van der Waals surface area contributed by atoms with Gasteiger partial charge in [-0.1, -0.05) is 109 Å². The summed E-state index contributed by atoms with van der Waals surface area (Å²) in [4.78, 5) is 2.39. The SMILES string of the molecule is c1ccc(-c2ccc3ccc(N(c4ccc5oc6cc7ccccc7cc6c5c4)c4ccc5c(c4)c4ccccc4n5-c4ccccc4)cc3c2)cc1. The quantitative estimate of drug-likeness (QED) is 0.181. The molecule has 53 heavy (non-hydrogen) atoms. The Morgan fingerprint density at radius 1 is 0.340 bits per heavy atom. The summed E-state index contributed by atoms with van der Waals surface area (Å²) in [5, 5.41) is 9.43. The first-order chi connectivity index (χ1) is 26.2. The molecule has 0 radical (unpaired) electrons. The van der Waals surface area contributed by atoms with E-state index in [-0.39, 0.29) is 0 Å². The summed E-state index contributed by atoms with van der Waals surface area (Å²) in [6.45, 7) is 0. The number of para-hydroxylation sites is 2. The van der Waals surface area contributed by atoms with Gasteiger partial charge in [-0.15, -0.1) is 0 Å². The first kappa shape index (κ1) is 29.6. The average molecular weight is 677 g/mol. The number of rotatable bonds is 5. The fourth-order valence-corrected chi connectivity index (χ4v) is 8.18. The Bertz CT molecular complexity index is 3170. The van der Waals surface area contributed by atoms with E-state index in [1.807, 2.05) is 0 Å². The molecule has 0 amide bonds. The maximum atomic E-state index is 6.45. The molecule has 2 aromatic heterocycles. The van der Waals surface area contributed by atoms with E-state index in [1.54, 1.807) is 0 Å². The van der Waals surface area contributed by atoms with Crippen LogP contribution in [0.15, 0.2) is 199 Å². The summed E-state index contributed by atoms with van der Waals surface area (Å²) >= 11 is 0. The number of anilines is 3. The molecule has 0 aliphatic carbocycles. The second kappa shape index (κ2) is 11.7. The van der Waals surface area contributed by atoms with Crippen LogP contribution < -0.4 is 4.90 Å². The molecule has 0 bridgehead atoms. The van der Waals surface area contributed by atoms with Gasteiger partial charge in [-0.3, -0.25) is 0 Å². The summed E-state index contributed by atoms with van der Waals surface area (Å²) < 4.78 is 8.82. The minimum Gasteiger partial charge on any atom is -0.456 e. The first-order valence-corrected chi connectivity index (χ1v) is 18.1. The average Bonchev–Trinajstić information content (AvgIpc) is 3.75. The standard InChI is InChI=1S/C50H32N2O/c1-3-11-33(12-4-1)37-20-19-34-21-22-40(28-38(34)27-37)51(42-24-26-49-46(32-42)45-29-35-13-7-8-14-36(35)30-50(45)53-49)41-23-25-48-44(31-41)43-17-9-10-18-47(43)52(48)39-15-5-2-6-16-39/h1-32H. The highest BCUT2D eigenvalue weighted by Crippen LogP contribution is 2.43. The molecule has 11 aromatic rings. The van der Waals surface area contributed by atoms with Crippen molar-refractivity contribution in [2.75, 3.05) is 4.90 Å². The van der Waals surface area contributed by atoms with Gasteiger partial charge in [0.1, 0.15) is 11.2 Å². The van der Waals surface area contributed by atoms with E-state index < -0.39 is 0 Å². The van der Waals surface area contributed by atoms with Crippen LogP contribution in [-0.2, 0) is 0 Å². The Kier molecular flexibility index (Phi) is 6.55. The van der Waals surface area contributed by atoms with Crippen LogP contribution in [0.3, 0.4) is 0 Å². The van der Waals surface area contributed by atoms with Gasteiger partial charge in [0.2, 0.25) is 0 Å². The molecule has 0 aliphatic rings. The summed E-state index contributed by atoms with van der Waals surface area (Å²) in [5.41, 5.74) is 11.0. The number of aromatic nitrogens is 1.